The van der Waals surface area contributed by atoms with Crippen LogP contribution >= 0.6 is 0 Å². The Balaban J connectivity index is 2.58. The van der Waals surface area contributed by atoms with Crippen LogP contribution in [0.3, 0.4) is 0 Å². The Morgan fingerprint density at radius 3 is 2.64 bits per heavy atom. The molecule has 0 amide bonds. The van der Waals surface area contributed by atoms with E-state index in [0.29, 0.717) is 11.8 Å². The molecule has 14 heavy (non-hydrogen) atoms. The highest BCUT2D eigenvalue weighted by molar-refractivity contribution is 4.91. The van der Waals surface area contributed by atoms with Gasteiger partial charge in [0.15, 0.2) is 5.82 Å². The topological polar surface area (TPSA) is 51.0 Å². The molecule has 1 aromatic rings. The maximum atomic E-state index is 5.16. The second kappa shape index (κ2) is 5.10. The van der Waals surface area contributed by atoms with E-state index in [0.717, 1.165) is 18.8 Å². The Labute approximate surface area is 85.1 Å². The van der Waals surface area contributed by atoms with Crippen LogP contribution in [0.5, 0.6) is 0 Å². The minimum Gasteiger partial charge on any atom is -0.338 e. The van der Waals surface area contributed by atoms with Crippen molar-refractivity contribution in [2.24, 2.45) is 5.92 Å². The van der Waals surface area contributed by atoms with Crippen molar-refractivity contribution < 1.29 is 4.52 Å². The van der Waals surface area contributed by atoms with Gasteiger partial charge in [-0.25, -0.2) is 0 Å². The number of rotatable bonds is 5. The number of nitrogens with zero attached hydrogens (tertiary/aromatic N) is 2. The predicted octanol–water partition coefficient (Wildman–Crippen LogP) is 1.94. The molecule has 0 aliphatic heterocycles. The van der Waals surface area contributed by atoms with Crippen LogP contribution in [0, 0.1) is 5.92 Å². The SMILES string of the molecule is CCNC(C)c1nc(CC(C)C)no1. The number of hydrogen-bond donors (Lipinski definition) is 1. The van der Waals surface area contributed by atoms with Gasteiger partial charge < -0.3 is 9.84 Å². The van der Waals surface area contributed by atoms with E-state index >= 15 is 0 Å². The predicted molar refractivity (Wildman–Crippen MR) is 54.9 cm³/mol. The van der Waals surface area contributed by atoms with Crippen LogP contribution in [0.4, 0.5) is 0 Å². The number of hydrogen-bond acceptors (Lipinski definition) is 4. The smallest absolute Gasteiger partial charge is 0.243 e. The lowest BCUT2D eigenvalue weighted by atomic mass is 10.1. The summed E-state index contributed by atoms with van der Waals surface area (Å²) in [4.78, 5) is 4.33. The summed E-state index contributed by atoms with van der Waals surface area (Å²) in [6.07, 6.45) is 0.877. The van der Waals surface area contributed by atoms with Crippen molar-refractivity contribution in [3.63, 3.8) is 0 Å². The first-order valence-corrected chi connectivity index (χ1v) is 5.19. The van der Waals surface area contributed by atoms with Gasteiger partial charge in [-0.1, -0.05) is 25.9 Å². The first kappa shape index (κ1) is 11.2. The Kier molecular flexibility index (Phi) is 4.07. The van der Waals surface area contributed by atoms with Crippen molar-refractivity contribution in [2.75, 3.05) is 6.54 Å². The second-order valence-corrected chi connectivity index (χ2v) is 3.93. The molecule has 0 bridgehead atoms. The van der Waals surface area contributed by atoms with Crippen molar-refractivity contribution in [3.8, 4) is 0 Å². The lowest BCUT2D eigenvalue weighted by molar-refractivity contribution is 0.337. The van der Waals surface area contributed by atoms with Gasteiger partial charge in [0.1, 0.15) is 0 Å². The zero-order valence-electron chi connectivity index (χ0n) is 9.37. The Morgan fingerprint density at radius 1 is 1.36 bits per heavy atom. The van der Waals surface area contributed by atoms with Crippen LogP contribution in [0.1, 0.15) is 45.5 Å². The number of aromatic nitrogens is 2. The summed E-state index contributed by atoms with van der Waals surface area (Å²) in [6, 6.07) is 0.147. The lowest BCUT2D eigenvalue weighted by Gasteiger charge is -2.05. The molecule has 1 rings (SSSR count). The van der Waals surface area contributed by atoms with Gasteiger partial charge in [0, 0.05) is 6.42 Å². The molecule has 0 saturated heterocycles. The Hall–Kier alpha value is -0.900. The maximum Gasteiger partial charge on any atom is 0.243 e. The molecule has 0 radical (unpaired) electrons. The van der Waals surface area contributed by atoms with Crippen molar-refractivity contribution in [3.05, 3.63) is 11.7 Å². The average molecular weight is 197 g/mol. The third kappa shape index (κ3) is 3.10. The highest BCUT2D eigenvalue weighted by Gasteiger charge is 2.13. The van der Waals surface area contributed by atoms with Crippen LogP contribution in [0.2, 0.25) is 0 Å². The lowest BCUT2D eigenvalue weighted by Crippen LogP contribution is -2.18. The monoisotopic (exact) mass is 197 g/mol. The van der Waals surface area contributed by atoms with Crippen LogP contribution in [-0.4, -0.2) is 16.7 Å². The average Bonchev–Trinajstić information content (AvgIpc) is 2.52. The molecule has 0 spiro atoms. The van der Waals surface area contributed by atoms with Gasteiger partial charge in [0.25, 0.3) is 0 Å². The van der Waals surface area contributed by atoms with Crippen molar-refractivity contribution in [2.45, 2.75) is 40.2 Å². The maximum absolute atomic E-state index is 5.16. The third-order valence-electron chi connectivity index (χ3n) is 1.96. The van der Waals surface area contributed by atoms with E-state index < -0.39 is 0 Å². The van der Waals surface area contributed by atoms with Gasteiger partial charge in [-0.3, -0.25) is 0 Å². The second-order valence-electron chi connectivity index (χ2n) is 3.93. The quantitative estimate of drug-likeness (QED) is 0.783. The van der Waals surface area contributed by atoms with Crippen LogP contribution in [0.25, 0.3) is 0 Å². The third-order valence-corrected chi connectivity index (χ3v) is 1.96. The minimum absolute atomic E-state index is 0.147. The molecule has 1 atom stereocenters. The summed E-state index contributed by atoms with van der Waals surface area (Å²) < 4.78 is 5.16. The standard InChI is InChI=1S/C10H19N3O/c1-5-11-8(4)10-12-9(13-14-10)6-7(2)3/h7-8,11H,5-6H2,1-4H3. The van der Waals surface area contributed by atoms with E-state index in [9.17, 15) is 0 Å². The molecule has 4 nitrogen and oxygen atoms in total. The van der Waals surface area contributed by atoms with Crippen LogP contribution < -0.4 is 5.32 Å². The van der Waals surface area contributed by atoms with Crippen LogP contribution in [0.15, 0.2) is 4.52 Å². The molecule has 1 unspecified atom stereocenters. The van der Waals surface area contributed by atoms with Crippen molar-refractivity contribution in [1.82, 2.24) is 15.5 Å². The van der Waals surface area contributed by atoms with Gasteiger partial charge in [0.05, 0.1) is 6.04 Å². The van der Waals surface area contributed by atoms with Gasteiger partial charge in [-0.2, -0.15) is 4.98 Å². The highest BCUT2D eigenvalue weighted by atomic mass is 16.5. The summed E-state index contributed by atoms with van der Waals surface area (Å²) >= 11 is 0. The molecule has 1 heterocycles. The zero-order valence-corrected chi connectivity index (χ0v) is 9.37. The normalized spacial score (nSPS) is 13.5. The molecule has 1 N–H and O–H groups in total. The minimum atomic E-state index is 0.147. The molecule has 4 heteroatoms. The largest absolute Gasteiger partial charge is 0.338 e. The van der Waals surface area contributed by atoms with Gasteiger partial charge in [-0.15, -0.1) is 0 Å². The Bertz CT molecular complexity index is 270. The molecule has 0 aliphatic rings. The fourth-order valence-corrected chi connectivity index (χ4v) is 1.28. The summed E-state index contributed by atoms with van der Waals surface area (Å²) in [6.45, 7) is 9.27. The van der Waals surface area contributed by atoms with E-state index in [1.54, 1.807) is 0 Å². The van der Waals surface area contributed by atoms with Gasteiger partial charge >= 0.3 is 0 Å². The summed E-state index contributed by atoms with van der Waals surface area (Å²) in [5, 5.41) is 7.17. The molecule has 80 valence electrons. The summed E-state index contributed by atoms with van der Waals surface area (Å²) in [7, 11) is 0. The van der Waals surface area contributed by atoms with E-state index in [1.165, 1.54) is 0 Å². The van der Waals surface area contributed by atoms with Crippen molar-refractivity contribution in [1.29, 1.82) is 0 Å². The fourth-order valence-electron chi connectivity index (χ4n) is 1.28. The molecule has 0 saturated carbocycles. The highest BCUT2D eigenvalue weighted by Crippen LogP contribution is 2.11. The van der Waals surface area contributed by atoms with Crippen molar-refractivity contribution >= 4 is 0 Å². The zero-order chi connectivity index (χ0) is 10.6. The van der Waals surface area contributed by atoms with E-state index in [1.807, 2.05) is 6.92 Å². The molecule has 0 aromatic carbocycles. The molecular weight excluding hydrogens is 178 g/mol. The summed E-state index contributed by atoms with van der Waals surface area (Å²) in [5.74, 6) is 2.05. The van der Waals surface area contributed by atoms with Crippen LogP contribution in [-0.2, 0) is 6.42 Å². The van der Waals surface area contributed by atoms with E-state index in [4.69, 9.17) is 4.52 Å². The first-order valence-electron chi connectivity index (χ1n) is 5.19. The molecule has 0 fully saturated rings. The molecular formula is C10H19N3O. The first-order chi connectivity index (χ1) is 6.63. The van der Waals surface area contributed by atoms with Gasteiger partial charge in [0.2, 0.25) is 5.89 Å². The Morgan fingerprint density at radius 2 is 2.07 bits per heavy atom. The fraction of sp³-hybridized carbons (Fsp3) is 0.800. The van der Waals surface area contributed by atoms with Gasteiger partial charge in [-0.05, 0) is 19.4 Å². The number of nitrogens with one attached hydrogen (secondary N) is 1. The molecule has 1 aromatic heterocycles. The van der Waals surface area contributed by atoms with E-state index in [2.05, 4.69) is 36.2 Å². The molecule has 0 aliphatic carbocycles. The summed E-state index contributed by atoms with van der Waals surface area (Å²) in [5.41, 5.74) is 0. The van der Waals surface area contributed by atoms with E-state index in [-0.39, 0.29) is 6.04 Å².